The van der Waals surface area contributed by atoms with Crippen LogP contribution in [0.2, 0.25) is 0 Å². The second-order valence-corrected chi connectivity index (χ2v) is 4.56. The summed E-state index contributed by atoms with van der Waals surface area (Å²) in [5.74, 6) is 0. The molecule has 0 bridgehead atoms. The summed E-state index contributed by atoms with van der Waals surface area (Å²) in [5.41, 5.74) is 4.37. The normalized spacial score (nSPS) is 12.4. The molecule has 0 amide bonds. The van der Waals surface area contributed by atoms with Crippen LogP contribution in [0.4, 0.5) is 0 Å². The number of rotatable bonds is 7. The van der Waals surface area contributed by atoms with E-state index >= 15 is 0 Å². The monoisotopic (exact) mass is 248 g/mol. The van der Waals surface area contributed by atoms with Crippen LogP contribution in [-0.2, 0) is 6.61 Å². The largest absolute Gasteiger partial charge is 0.392 e. The summed E-state index contributed by atoms with van der Waals surface area (Å²) in [6, 6.07) is 7.93. The molecule has 18 heavy (non-hydrogen) atoms. The van der Waals surface area contributed by atoms with E-state index in [1.807, 2.05) is 24.3 Å². The van der Waals surface area contributed by atoms with E-state index in [0.717, 1.165) is 42.4 Å². The van der Waals surface area contributed by atoms with Gasteiger partial charge in [-0.1, -0.05) is 51.0 Å². The van der Waals surface area contributed by atoms with Crippen molar-refractivity contribution in [3.05, 3.63) is 41.0 Å². The van der Waals surface area contributed by atoms with Gasteiger partial charge in [0.25, 0.3) is 0 Å². The second-order valence-electron chi connectivity index (χ2n) is 4.56. The zero-order chi connectivity index (χ0) is 13.4. The molecule has 1 rings (SSSR count). The maximum atomic E-state index is 9.56. The minimum Gasteiger partial charge on any atom is -0.392 e. The first kappa shape index (κ1) is 14.9. The molecule has 2 nitrogen and oxygen atoms in total. The molecule has 1 aromatic carbocycles. The third kappa shape index (κ3) is 3.69. The fourth-order valence-electron chi connectivity index (χ4n) is 2.33. The Balaban J connectivity index is 3.25. The molecule has 0 unspecified atom stereocenters. The Morgan fingerprint density at radius 3 is 2.22 bits per heavy atom. The molecule has 0 heterocycles. The Morgan fingerprint density at radius 2 is 1.67 bits per heavy atom. The molecule has 1 aromatic rings. The lowest BCUT2D eigenvalue weighted by atomic mass is 9.91. The summed E-state index contributed by atoms with van der Waals surface area (Å²) >= 11 is 0. The highest BCUT2D eigenvalue weighted by Crippen LogP contribution is 2.29. The van der Waals surface area contributed by atoms with Gasteiger partial charge in [0.2, 0.25) is 0 Å². The highest BCUT2D eigenvalue weighted by molar-refractivity contribution is 5.71. The van der Waals surface area contributed by atoms with E-state index in [1.54, 1.807) is 0 Å². The maximum absolute atomic E-state index is 9.56. The number of benzene rings is 1. The van der Waals surface area contributed by atoms with Crippen LogP contribution in [-0.4, -0.2) is 16.8 Å². The summed E-state index contributed by atoms with van der Waals surface area (Å²) in [4.78, 5) is 0. The molecule has 0 aliphatic carbocycles. The topological polar surface area (TPSA) is 40.5 Å². The van der Waals surface area contributed by atoms with E-state index in [1.165, 1.54) is 5.57 Å². The number of aliphatic hydroxyl groups excluding tert-OH is 2. The Morgan fingerprint density at radius 1 is 1.00 bits per heavy atom. The van der Waals surface area contributed by atoms with E-state index in [0.29, 0.717) is 0 Å². The van der Waals surface area contributed by atoms with E-state index in [9.17, 15) is 10.2 Å². The summed E-state index contributed by atoms with van der Waals surface area (Å²) < 4.78 is 0. The van der Waals surface area contributed by atoms with Crippen molar-refractivity contribution in [3.8, 4) is 0 Å². The third-order valence-corrected chi connectivity index (χ3v) is 3.18. The molecule has 2 heteroatoms. The van der Waals surface area contributed by atoms with Gasteiger partial charge < -0.3 is 10.2 Å². The van der Waals surface area contributed by atoms with Crippen molar-refractivity contribution < 1.29 is 10.2 Å². The van der Waals surface area contributed by atoms with Gasteiger partial charge in [0.1, 0.15) is 0 Å². The molecule has 0 saturated carbocycles. The fourth-order valence-corrected chi connectivity index (χ4v) is 2.33. The van der Waals surface area contributed by atoms with Gasteiger partial charge >= 0.3 is 0 Å². The van der Waals surface area contributed by atoms with Gasteiger partial charge in [-0.05, 0) is 35.1 Å². The second kappa shape index (κ2) is 8.06. The average Bonchev–Trinajstić information content (AvgIpc) is 2.42. The Bertz CT molecular complexity index is 394. The lowest BCUT2D eigenvalue weighted by molar-refractivity contribution is 0.281. The van der Waals surface area contributed by atoms with Crippen molar-refractivity contribution in [2.45, 2.75) is 46.1 Å². The molecule has 0 saturated heterocycles. The highest BCUT2D eigenvalue weighted by atomic mass is 16.3. The van der Waals surface area contributed by atoms with E-state index < -0.39 is 0 Å². The fraction of sp³-hybridized carbons (Fsp3) is 0.500. The van der Waals surface area contributed by atoms with Gasteiger partial charge in [0, 0.05) is 0 Å². The van der Waals surface area contributed by atoms with E-state index in [-0.39, 0.29) is 13.2 Å². The number of hydrogen-bond acceptors (Lipinski definition) is 2. The average molecular weight is 248 g/mol. The van der Waals surface area contributed by atoms with Gasteiger partial charge in [0.15, 0.2) is 0 Å². The van der Waals surface area contributed by atoms with Crippen molar-refractivity contribution in [3.63, 3.8) is 0 Å². The zero-order valence-corrected chi connectivity index (χ0v) is 11.4. The van der Waals surface area contributed by atoms with Gasteiger partial charge in [-0.15, -0.1) is 0 Å². The first-order valence-electron chi connectivity index (χ1n) is 6.79. The van der Waals surface area contributed by atoms with Crippen LogP contribution in [0.15, 0.2) is 29.8 Å². The smallest absolute Gasteiger partial charge is 0.0687 e. The number of allylic oxidation sites excluding steroid dienone is 1. The molecule has 0 atom stereocenters. The number of aliphatic hydroxyl groups is 2. The van der Waals surface area contributed by atoms with Gasteiger partial charge in [-0.2, -0.15) is 0 Å². The molecular weight excluding hydrogens is 224 g/mol. The van der Waals surface area contributed by atoms with Crippen LogP contribution in [0.5, 0.6) is 0 Å². The maximum Gasteiger partial charge on any atom is 0.0687 e. The molecule has 0 aromatic heterocycles. The van der Waals surface area contributed by atoms with Crippen LogP contribution < -0.4 is 0 Å². The first-order valence-corrected chi connectivity index (χ1v) is 6.79. The first-order chi connectivity index (χ1) is 8.78. The van der Waals surface area contributed by atoms with Crippen LogP contribution in [0.1, 0.15) is 50.7 Å². The van der Waals surface area contributed by atoms with Crippen LogP contribution >= 0.6 is 0 Å². The van der Waals surface area contributed by atoms with Crippen molar-refractivity contribution in [2.24, 2.45) is 0 Å². The minimum absolute atomic E-state index is 0.0498. The Labute approximate surface area is 110 Å². The summed E-state index contributed by atoms with van der Waals surface area (Å²) in [6.07, 6.45) is 3.95. The highest BCUT2D eigenvalue weighted by Gasteiger charge is 2.11. The molecule has 0 spiro atoms. The van der Waals surface area contributed by atoms with Crippen molar-refractivity contribution in [1.29, 1.82) is 0 Å². The van der Waals surface area contributed by atoms with Gasteiger partial charge in [-0.25, -0.2) is 0 Å². The summed E-state index contributed by atoms with van der Waals surface area (Å²) in [5, 5.41) is 19.0. The lowest BCUT2D eigenvalue weighted by Crippen LogP contribution is -2.01. The molecular formula is C16H24O2. The molecule has 2 N–H and O–H groups in total. The number of hydrogen-bond donors (Lipinski definition) is 2. The molecule has 0 radical (unpaired) electrons. The summed E-state index contributed by atoms with van der Waals surface area (Å²) in [7, 11) is 0. The predicted molar refractivity (Wildman–Crippen MR) is 76.2 cm³/mol. The van der Waals surface area contributed by atoms with Crippen LogP contribution in [0.25, 0.3) is 5.57 Å². The zero-order valence-electron chi connectivity index (χ0n) is 11.4. The SMILES string of the molecule is CCC/C(CO)=C(\CCC)c1ccccc1CO. The summed E-state index contributed by atoms with van der Waals surface area (Å²) in [6.45, 7) is 4.43. The standard InChI is InChI=1S/C16H24O2/c1-3-7-13(11-17)15(8-4-2)16-10-6-5-9-14(16)12-18/h5-6,9-10,17-18H,3-4,7-8,11-12H2,1-2H3/b15-13-. The third-order valence-electron chi connectivity index (χ3n) is 3.18. The van der Waals surface area contributed by atoms with E-state index in [4.69, 9.17) is 0 Å². The predicted octanol–water partition coefficient (Wildman–Crippen LogP) is 3.53. The van der Waals surface area contributed by atoms with Gasteiger partial charge in [-0.3, -0.25) is 0 Å². The molecule has 0 aliphatic heterocycles. The van der Waals surface area contributed by atoms with Crippen molar-refractivity contribution in [2.75, 3.05) is 6.61 Å². The molecule has 0 fully saturated rings. The van der Waals surface area contributed by atoms with E-state index in [2.05, 4.69) is 13.8 Å². The van der Waals surface area contributed by atoms with Crippen LogP contribution in [0.3, 0.4) is 0 Å². The Hall–Kier alpha value is -1.12. The van der Waals surface area contributed by atoms with Crippen LogP contribution in [0, 0.1) is 0 Å². The van der Waals surface area contributed by atoms with Crippen molar-refractivity contribution in [1.82, 2.24) is 0 Å². The van der Waals surface area contributed by atoms with Gasteiger partial charge in [0.05, 0.1) is 13.2 Å². The minimum atomic E-state index is 0.0498. The van der Waals surface area contributed by atoms with Crippen molar-refractivity contribution >= 4 is 5.57 Å². The molecule has 0 aliphatic rings. The molecule has 100 valence electrons. The lowest BCUT2D eigenvalue weighted by Gasteiger charge is -2.16. The quantitative estimate of drug-likeness (QED) is 0.775. The Kier molecular flexibility index (Phi) is 6.69.